The number of nitrogens with zero attached hydrogens (tertiary/aromatic N) is 2. The SMILES string of the molecule is O=C(Cc1ccc(Cl)cc1Cl)Nc1cccc2c(-c3ccncc3)n[nH]c(=O)c12. The molecule has 8 heteroatoms. The summed E-state index contributed by atoms with van der Waals surface area (Å²) in [6.45, 7) is 0. The van der Waals surface area contributed by atoms with Gasteiger partial charge in [-0.1, -0.05) is 41.4 Å². The number of anilines is 1. The van der Waals surface area contributed by atoms with Gasteiger partial charge in [-0.3, -0.25) is 14.6 Å². The average molecular weight is 425 g/mol. The quantitative estimate of drug-likeness (QED) is 0.505. The van der Waals surface area contributed by atoms with Gasteiger partial charge in [0.2, 0.25) is 5.91 Å². The number of hydrogen-bond donors (Lipinski definition) is 2. The van der Waals surface area contributed by atoms with Crippen LogP contribution in [0.15, 0.2) is 65.7 Å². The number of aromatic nitrogens is 3. The zero-order valence-corrected chi connectivity index (χ0v) is 16.5. The number of benzene rings is 2. The Balaban J connectivity index is 1.71. The molecule has 144 valence electrons. The van der Waals surface area contributed by atoms with Crippen molar-refractivity contribution in [3.8, 4) is 11.3 Å². The van der Waals surface area contributed by atoms with E-state index in [0.717, 1.165) is 5.56 Å². The van der Waals surface area contributed by atoms with Gasteiger partial charge in [-0.05, 0) is 35.9 Å². The Labute approximate surface area is 175 Å². The molecular weight excluding hydrogens is 411 g/mol. The lowest BCUT2D eigenvalue weighted by molar-refractivity contribution is -0.115. The van der Waals surface area contributed by atoms with Gasteiger partial charge in [0.25, 0.3) is 5.56 Å². The first-order valence-electron chi connectivity index (χ1n) is 8.68. The van der Waals surface area contributed by atoms with Gasteiger partial charge in [0.15, 0.2) is 0 Å². The molecule has 0 aliphatic rings. The van der Waals surface area contributed by atoms with Crippen LogP contribution in [0, 0.1) is 0 Å². The van der Waals surface area contributed by atoms with Gasteiger partial charge in [0, 0.05) is 33.4 Å². The molecule has 0 saturated heterocycles. The van der Waals surface area contributed by atoms with E-state index in [1.807, 2.05) is 0 Å². The van der Waals surface area contributed by atoms with E-state index in [2.05, 4.69) is 20.5 Å². The van der Waals surface area contributed by atoms with Crippen molar-refractivity contribution in [1.82, 2.24) is 15.2 Å². The summed E-state index contributed by atoms with van der Waals surface area (Å²) in [4.78, 5) is 29.1. The number of nitrogens with one attached hydrogen (secondary N) is 2. The van der Waals surface area contributed by atoms with E-state index in [4.69, 9.17) is 23.2 Å². The summed E-state index contributed by atoms with van der Waals surface area (Å²) in [7, 11) is 0. The van der Waals surface area contributed by atoms with Crippen LogP contribution in [-0.2, 0) is 11.2 Å². The van der Waals surface area contributed by atoms with Crippen molar-refractivity contribution in [3.05, 3.63) is 86.9 Å². The van der Waals surface area contributed by atoms with Gasteiger partial charge in [-0.15, -0.1) is 0 Å². The van der Waals surface area contributed by atoms with E-state index in [0.29, 0.717) is 37.8 Å². The molecule has 29 heavy (non-hydrogen) atoms. The Hall–Kier alpha value is -3.22. The highest BCUT2D eigenvalue weighted by Gasteiger charge is 2.15. The van der Waals surface area contributed by atoms with Crippen molar-refractivity contribution in [2.45, 2.75) is 6.42 Å². The molecule has 4 aromatic rings. The predicted octanol–water partition coefficient (Wildman–Crippen LogP) is 4.47. The first-order chi connectivity index (χ1) is 14.0. The minimum absolute atomic E-state index is 0.0482. The minimum atomic E-state index is -0.391. The summed E-state index contributed by atoms with van der Waals surface area (Å²) < 4.78 is 0. The Morgan fingerprint density at radius 3 is 2.62 bits per heavy atom. The van der Waals surface area contributed by atoms with Crippen molar-refractivity contribution < 1.29 is 4.79 Å². The second-order valence-electron chi connectivity index (χ2n) is 6.33. The zero-order chi connectivity index (χ0) is 20.4. The van der Waals surface area contributed by atoms with E-state index < -0.39 is 5.56 Å². The molecule has 0 fully saturated rings. The number of amides is 1. The van der Waals surface area contributed by atoms with Gasteiger partial charge >= 0.3 is 0 Å². The second kappa shape index (κ2) is 8.03. The summed E-state index contributed by atoms with van der Waals surface area (Å²) in [5, 5.41) is 11.4. The Morgan fingerprint density at radius 2 is 1.86 bits per heavy atom. The van der Waals surface area contributed by atoms with Crippen LogP contribution in [0.1, 0.15) is 5.56 Å². The summed E-state index contributed by atoms with van der Waals surface area (Å²) in [5.74, 6) is -0.302. The lowest BCUT2D eigenvalue weighted by Gasteiger charge is -2.11. The first-order valence-corrected chi connectivity index (χ1v) is 9.44. The summed E-state index contributed by atoms with van der Waals surface area (Å²) >= 11 is 12.1. The molecule has 0 saturated carbocycles. The van der Waals surface area contributed by atoms with Crippen LogP contribution >= 0.6 is 23.2 Å². The number of carbonyl (C=O) groups excluding carboxylic acids is 1. The van der Waals surface area contributed by atoms with Crippen LogP contribution in [0.5, 0.6) is 0 Å². The van der Waals surface area contributed by atoms with Crippen LogP contribution < -0.4 is 10.9 Å². The van der Waals surface area contributed by atoms with Gasteiger partial charge in [0.05, 0.1) is 23.2 Å². The van der Waals surface area contributed by atoms with E-state index in [1.165, 1.54) is 0 Å². The fraction of sp³-hybridized carbons (Fsp3) is 0.0476. The molecule has 0 spiro atoms. The molecule has 0 unspecified atom stereocenters. The lowest BCUT2D eigenvalue weighted by atomic mass is 10.0. The molecule has 6 nitrogen and oxygen atoms in total. The summed E-state index contributed by atoms with van der Waals surface area (Å²) in [5.41, 5.74) is 2.05. The number of halogens is 2. The van der Waals surface area contributed by atoms with Crippen LogP contribution in [0.2, 0.25) is 10.0 Å². The highest BCUT2D eigenvalue weighted by molar-refractivity contribution is 6.35. The van der Waals surface area contributed by atoms with E-state index in [-0.39, 0.29) is 12.3 Å². The third kappa shape index (κ3) is 3.99. The third-order valence-corrected chi connectivity index (χ3v) is 5.00. The summed E-state index contributed by atoms with van der Waals surface area (Å²) in [6.07, 6.45) is 3.34. The smallest absolute Gasteiger partial charge is 0.274 e. The van der Waals surface area contributed by atoms with E-state index in [1.54, 1.807) is 60.9 Å². The Kier molecular flexibility index (Phi) is 5.29. The molecule has 0 radical (unpaired) electrons. The van der Waals surface area contributed by atoms with Crippen molar-refractivity contribution in [2.75, 3.05) is 5.32 Å². The van der Waals surface area contributed by atoms with Crippen molar-refractivity contribution >= 4 is 45.6 Å². The molecule has 2 aromatic heterocycles. The number of H-pyrrole nitrogens is 1. The number of hydrogen-bond acceptors (Lipinski definition) is 4. The highest BCUT2D eigenvalue weighted by atomic mass is 35.5. The largest absolute Gasteiger partial charge is 0.325 e. The van der Waals surface area contributed by atoms with Gasteiger partial charge in [-0.25, -0.2) is 5.10 Å². The topological polar surface area (TPSA) is 87.7 Å². The lowest BCUT2D eigenvalue weighted by Crippen LogP contribution is -2.18. The number of carbonyl (C=O) groups is 1. The zero-order valence-electron chi connectivity index (χ0n) is 14.9. The van der Waals surface area contributed by atoms with Crippen LogP contribution in [-0.4, -0.2) is 21.1 Å². The van der Waals surface area contributed by atoms with Crippen molar-refractivity contribution in [1.29, 1.82) is 0 Å². The minimum Gasteiger partial charge on any atom is -0.325 e. The van der Waals surface area contributed by atoms with Crippen LogP contribution in [0.3, 0.4) is 0 Å². The van der Waals surface area contributed by atoms with Crippen molar-refractivity contribution in [3.63, 3.8) is 0 Å². The van der Waals surface area contributed by atoms with Crippen molar-refractivity contribution in [2.24, 2.45) is 0 Å². The molecule has 0 aliphatic carbocycles. The summed E-state index contributed by atoms with van der Waals surface area (Å²) in [6, 6.07) is 13.8. The monoisotopic (exact) mass is 424 g/mol. The van der Waals surface area contributed by atoms with Crippen LogP contribution in [0.4, 0.5) is 5.69 Å². The fourth-order valence-corrected chi connectivity index (χ4v) is 3.56. The maximum Gasteiger partial charge on any atom is 0.274 e. The molecule has 2 aromatic carbocycles. The standard InChI is InChI=1S/C21H14Cl2N4O2/c22-14-5-4-13(16(23)11-14)10-18(28)25-17-3-1-2-15-19(17)21(29)27-26-20(15)12-6-8-24-9-7-12/h1-9,11H,10H2,(H,25,28)(H,27,29). The molecule has 2 N–H and O–H groups in total. The maximum absolute atomic E-state index is 12.6. The number of aromatic amines is 1. The van der Waals surface area contributed by atoms with Gasteiger partial charge in [0.1, 0.15) is 0 Å². The Morgan fingerprint density at radius 1 is 1.07 bits per heavy atom. The molecule has 4 rings (SSSR count). The van der Waals surface area contributed by atoms with Gasteiger partial charge < -0.3 is 5.32 Å². The normalized spacial score (nSPS) is 10.8. The molecule has 1 amide bonds. The highest BCUT2D eigenvalue weighted by Crippen LogP contribution is 2.28. The average Bonchev–Trinajstić information content (AvgIpc) is 2.71. The first kappa shape index (κ1) is 19.1. The van der Waals surface area contributed by atoms with Gasteiger partial charge in [-0.2, -0.15) is 5.10 Å². The molecule has 2 heterocycles. The molecular formula is C21H14Cl2N4O2. The number of pyridine rings is 1. The number of rotatable bonds is 4. The number of fused-ring (bicyclic) bond motifs is 1. The second-order valence-corrected chi connectivity index (χ2v) is 7.17. The Bertz CT molecular complexity index is 1270. The molecule has 0 bridgehead atoms. The predicted molar refractivity (Wildman–Crippen MR) is 114 cm³/mol. The molecule has 0 atom stereocenters. The molecule has 0 aliphatic heterocycles. The van der Waals surface area contributed by atoms with E-state index >= 15 is 0 Å². The fourth-order valence-electron chi connectivity index (χ4n) is 3.08. The third-order valence-electron chi connectivity index (χ3n) is 4.41. The van der Waals surface area contributed by atoms with E-state index in [9.17, 15) is 9.59 Å². The van der Waals surface area contributed by atoms with Crippen LogP contribution in [0.25, 0.3) is 22.0 Å². The maximum atomic E-state index is 12.6.